The number of halogens is 1. The Morgan fingerprint density at radius 1 is 0.286 bits per heavy atom. The molecule has 0 aromatic carbocycles. The molecule has 3 heteroatoms. The lowest BCUT2D eigenvalue weighted by molar-refractivity contribution is 0.0997. The van der Waals surface area contributed by atoms with E-state index >= 15 is 0 Å². The molecule has 0 aliphatic heterocycles. The van der Waals surface area contributed by atoms with Gasteiger partial charge in [-0.2, -0.15) is 0 Å². The van der Waals surface area contributed by atoms with Gasteiger partial charge >= 0.3 is 0 Å². The number of hydrogen-bond acceptors (Lipinski definition) is 2. The number of rotatable bonds is 43. The van der Waals surface area contributed by atoms with E-state index in [4.69, 9.17) is 5.73 Å². The highest BCUT2D eigenvalue weighted by Crippen LogP contribution is 2.22. The van der Waals surface area contributed by atoms with Crippen molar-refractivity contribution in [1.29, 1.82) is 0 Å². The predicted molar refractivity (Wildman–Crippen MR) is 226 cm³/mol. The van der Waals surface area contributed by atoms with Gasteiger partial charge in [0.05, 0.1) is 0 Å². The Balaban J connectivity index is 0. The fraction of sp³-hybridized carbons (Fsp3) is 1.00. The average Bonchev–Trinajstić information content (AvgIpc) is 3.08. The van der Waals surface area contributed by atoms with Crippen LogP contribution >= 0.6 is 12.4 Å². The van der Waals surface area contributed by atoms with Gasteiger partial charge in [0, 0.05) is 0 Å². The van der Waals surface area contributed by atoms with E-state index in [9.17, 15) is 5.11 Å². The number of nitrogens with two attached hydrogens (primary N) is 1. The van der Waals surface area contributed by atoms with E-state index < -0.39 is 6.23 Å². The third-order valence-corrected chi connectivity index (χ3v) is 11.3. The van der Waals surface area contributed by atoms with Crippen LogP contribution in [-0.2, 0) is 0 Å². The number of hydrogen-bond donors (Lipinski definition) is 2. The summed E-state index contributed by atoms with van der Waals surface area (Å²) in [6.45, 7) is 4.61. The minimum Gasteiger partial charge on any atom is -0.379 e. The summed E-state index contributed by atoms with van der Waals surface area (Å²) in [6.07, 6.45) is 58.7. The smallest absolute Gasteiger partial charge is 0.105 e. The highest BCUT2D eigenvalue weighted by atomic mass is 35.5. The van der Waals surface area contributed by atoms with Gasteiger partial charge in [-0.25, -0.2) is 0 Å². The lowest BCUT2D eigenvalue weighted by Crippen LogP contribution is -2.29. The van der Waals surface area contributed by atoms with E-state index in [1.54, 1.807) is 0 Å². The van der Waals surface area contributed by atoms with Crippen LogP contribution in [-0.4, -0.2) is 11.3 Å². The molecule has 2 nitrogen and oxygen atoms in total. The van der Waals surface area contributed by atoms with E-state index in [2.05, 4.69) is 13.8 Å². The predicted octanol–water partition coefficient (Wildman–Crippen LogP) is 16.7. The Labute approximate surface area is 317 Å². The molecule has 0 aromatic heterocycles. The van der Waals surface area contributed by atoms with E-state index in [1.807, 2.05) is 0 Å². The molecule has 298 valence electrons. The summed E-state index contributed by atoms with van der Waals surface area (Å²) < 4.78 is 0. The summed E-state index contributed by atoms with van der Waals surface area (Å²) in [5.74, 6) is 0.316. The minimum atomic E-state index is -0.620. The molecule has 1 atom stereocenters. The quantitative estimate of drug-likeness (QED) is 0.0488. The molecule has 0 aliphatic rings. The van der Waals surface area contributed by atoms with Gasteiger partial charge in [0.25, 0.3) is 0 Å². The monoisotopic (exact) mass is 714 g/mol. The van der Waals surface area contributed by atoms with Gasteiger partial charge in [-0.05, 0) is 18.8 Å². The van der Waals surface area contributed by atoms with Gasteiger partial charge in [0.15, 0.2) is 0 Å². The van der Waals surface area contributed by atoms with E-state index in [0.29, 0.717) is 5.92 Å². The van der Waals surface area contributed by atoms with Crippen molar-refractivity contribution in [2.24, 2.45) is 11.7 Å². The minimum absolute atomic E-state index is 0. The van der Waals surface area contributed by atoms with Crippen LogP contribution in [0, 0.1) is 5.92 Å². The Hall–Kier alpha value is 0.210. The fourth-order valence-electron chi connectivity index (χ4n) is 7.81. The second kappa shape index (κ2) is 46.2. The Morgan fingerprint density at radius 3 is 0.571 bits per heavy atom. The van der Waals surface area contributed by atoms with Crippen LogP contribution in [0.5, 0.6) is 0 Å². The molecule has 3 N–H and O–H groups in total. The van der Waals surface area contributed by atoms with E-state index in [-0.39, 0.29) is 12.4 Å². The van der Waals surface area contributed by atoms with Crippen molar-refractivity contribution in [3.63, 3.8) is 0 Å². The molecule has 0 fully saturated rings. The van der Waals surface area contributed by atoms with Crippen molar-refractivity contribution < 1.29 is 5.11 Å². The summed E-state index contributed by atoms with van der Waals surface area (Å²) in [7, 11) is 0. The lowest BCUT2D eigenvalue weighted by atomic mass is 9.93. The number of aliphatic hydroxyl groups excluding tert-OH is 1. The molecule has 0 saturated heterocycles. The molecule has 49 heavy (non-hydrogen) atoms. The first-order valence-electron chi connectivity index (χ1n) is 23.2. The fourth-order valence-corrected chi connectivity index (χ4v) is 7.81. The van der Waals surface area contributed by atoms with Gasteiger partial charge in [-0.3, -0.25) is 0 Å². The van der Waals surface area contributed by atoms with Crippen LogP contribution in [0.4, 0.5) is 0 Å². The Bertz CT molecular complexity index is 511. The molecule has 0 radical (unpaired) electrons. The third kappa shape index (κ3) is 44.3. The second-order valence-corrected chi connectivity index (χ2v) is 16.3. The normalized spacial score (nSPS) is 12.2. The molecule has 1 unspecified atom stereocenters. The van der Waals surface area contributed by atoms with Crippen molar-refractivity contribution in [1.82, 2.24) is 0 Å². The standard InChI is InChI=1S/C46H95NO.ClH/c1-3-5-7-9-11-13-15-17-19-21-23-25-27-29-31-33-35-37-39-41-43-45(46(47)48)44-42-40-38-36-34-32-30-28-26-24-22-20-18-16-14-12-10-8-6-4-2;/h45-46,48H,3-44,47H2,1-2H3;1H. The van der Waals surface area contributed by atoms with Crippen molar-refractivity contribution >= 4 is 12.4 Å². The van der Waals surface area contributed by atoms with Crippen LogP contribution in [0.25, 0.3) is 0 Å². The maximum atomic E-state index is 10.1. The van der Waals surface area contributed by atoms with Gasteiger partial charge in [-0.15, -0.1) is 12.4 Å². The summed E-state index contributed by atoms with van der Waals surface area (Å²) in [6, 6.07) is 0. The van der Waals surface area contributed by atoms with Crippen LogP contribution in [0.3, 0.4) is 0 Å². The second-order valence-electron chi connectivity index (χ2n) is 16.3. The van der Waals surface area contributed by atoms with E-state index in [1.165, 1.54) is 257 Å². The zero-order chi connectivity index (χ0) is 34.9. The lowest BCUT2D eigenvalue weighted by Gasteiger charge is -2.19. The molecule has 0 rings (SSSR count). The summed E-state index contributed by atoms with van der Waals surface area (Å²) in [5, 5.41) is 10.1. The average molecular weight is 715 g/mol. The maximum Gasteiger partial charge on any atom is 0.105 e. The first kappa shape index (κ1) is 51.3. The highest BCUT2D eigenvalue weighted by Gasteiger charge is 2.14. The van der Waals surface area contributed by atoms with Gasteiger partial charge in [0.2, 0.25) is 0 Å². The van der Waals surface area contributed by atoms with Crippen molar-refractivity contribution in [2.75, 3.05) is 0 Å². The largest absolute Gasteiger partial charge is 0.379 e. The summed E-state index contributed by atoms with van der Waals surface area (Å²) >= 11 is 0. The third-order valence-electron chi connectivity index (χ3n) is 11.3. The number of aliphatic hydroxyl groups is 1. The van der Waals surface area contributed by atoms with Crippen molar-refractivity contribution in [3.05, 3.63) is 0 Å². The summed E-state index contributed by atoms with van der Waals surface area (Å²) in [5.41, 5.74) is 5.96. The molecule has 0 aromatic rings. The topological polar surface area (TPSA) is 46.2 Å². The van der Waals surface area contributed by atoms with Gasteiger partial charge in [0.1, 0.15) is 6.23 Å². The number of unbranched alkanes of at least 4 members (excludes halogenated alkanes) is 38. The molecule has 0 amide bonds. The molecule has 0 spiro atoms. The SMILES string of the molecule is CCCCCCCCCCCCCCCCCCCCCCC(CCCCCCCCCCCCCCCCCCCCCC)C(N)O.Cl. The molecular weight excluding hydrogens is 618 g/mol. The Kier molecular flexibility index (Phi) is 48.4. The maximum absolute atomic E-state index is 10.1. The first-order chi connectivity index (χ1) is 23.7. The van der Waals surface area contributed by atoms with Crippen molar-refractivity contribution in [3.8, 4) is 0 Å². The van der Waals surface area contributed by atoms with Crippen LogP contribution in [0.1, 0.15) is 284 Å². The zero-order valence-corrected chi connectivity index (χ0v) is 35.1. The highest BCUT2D eigenvalue weighted by molar-refractivity contribution is 5.85. The molecule has 0 heterocycles. The Morgan fingerprint density at radius 2 is 0.429 bits per heavy atom. The summed E-state index contributed by atoms with van der Waals surface area (Å²) in [4.78, 5) is 0. The molecule has 0 aliphatic carbocycles. The van der Waals surface area contributed by atoms with E-state index in [0.717, 1.165) is 12.8 Å². The molecule has 0 bridgehead atoms. The van der Waals surface area contributed by atoms with Gasteiger partial charge < -0.3 is 10.8 Å². The first-order valence-corrected chi connectivity index (χ1v) is 23.2. The van der Waals surface area contributed by atoms with Crippen LogP contribution in [0.15, 0.2) is 0 Å². The van der Waals surface area contributed by atoms with Gasteiger partial charge in [-0.1, -0.05) is 271 Å². The molecule has 0 saturated carbocycles. The van der Waals surface area contributed by atoms with Crippen LogP contribution in [0.2, 0.25) is 0 Å². The van der Waals surface area contributed by atoms with Crippen LogP contribution < -0.4 is 5.73 Å². The zero-order valence-electron chi connectivity index (χ0n) is 34.3. The van der Waals surface area contributed by atoms with Crippen molar-refractivity contribution in [2.45, 2.75) is 290 Å². The molecular formula is C46H96ClNO.